The molecule has 16 heavy (non-hydrogen) atoms. The Hall–Kier alpha value is -0.0800. The molecule has 0 aromatic heterocycles. The Kier molecular flexibility index (Phi) is 5.77. The summed E-state index contributed by atoms with van der Waals surface area (Å²) in [6.45, 7) is 13.1. The van der Waals surface area contributed by atoms with Gasteiger partial charge in [-0.3, -0.25) is 0 Å². The SMILES string of the molecule is CC(C)CCOCCNCC1(C(C)C)CC1. The van der Waals surface area contributed by atoms with Crippen LogP contribution in [0.15, 0.2) is 0 Å². The zero-order valence-corrected chi connectivity index (χ0v) is 11.5. The predicted molar refractivity (Wildman–Crippen MR) is 69.6 cm³/mol. The van der Waals surface area contributed by atoms with E-state index in [0.29, 0.717) is 5.41 Å². The Balaban J connectivity index is 1.89. The van der Waals surface area contributed by atoms with Crippen molar-refractivity contribution in [2.24, 2.45) is 17.3 Å². The van der Waals surface area contributed by atoms with Crippen molar-refractivity contribution in [3.8, 4) is 0 Å². The standard InChI is InChI=1S/C14H29NO/c1-12(2)5-9-16-10-8-15-11-14(6-7-14)13(3)4/h12-13,15H,5-11H2,1-4H3. The van der Waals surface area contributed by atoms with Crippen molar-refractivity contribution < 1.29 is 4.74 Å². The molecule has 0 bridgehead atoms. The minimum Gasteiger partial charge on any atom is -0.380 e. The second kappa shape index (κ2) is 6.61. The average Bonchev–Trinajstić information content (AvgIpc) is 2.97. The normalized spacial score (nSPS) is 18.4. The van der Waals surface area contributed by atoms with Crippen molar-refractivity contribution in [3.05, 3.63) is 0 Å². The maximum atomic E-state index is 5.58. The van der Waals surface area contributed by atoms with Gasteiger partial charge in [0, 0.05) is 19.7 Å². The molecule has 1 aliphatic rings. The Bertz CT molecular complexity index is 185. The van der Waals surface area contributed by atoms with Crippen LogP contribution in [0.4, 0.5) is 0 Å². The van der Waals surface area contributed by atoms with E-state index >= 15 is 0 Å². The van der Waals surface area contributed by atoms with Gasteiger partial charge in [0.1, 0.15) is 0 Å². The third kappa shape index (κ3) is 4.84. The first-order chi connectivity index (χ1) is 7.57. The van der Waals surface area contributed by atoms with Crippen LogP contribution in [0, 0.1) is 17.3 Å². The molecule has 1 saturated carbocycles. The fourth-order valence-electron chi connectivity index (χ4n) is 2.02. The van der Waals surface area contributed by atoms with Gasteiger partial charge in [-0.2, -0.15) is 0 Å². The van der Waals surface area contributed by atoms with Crippen LogP contribution in [-0.2, 0) is 4.74 Å². The summed E-state index contributed by atoms with van der Waals surface area (Å²) in [6, 6.07) is 0. The van der Waals surface area contributed by atoms with Gasteiger partial charge in [0.05, 0.1) is 6.61 Å². The monoisotopic (exact) mass is 227 g/mol. The predicted octanol–water partition coefficient (Wildman–Crippen LogP) is 3.07. The van der Waals surface area contributed by atoms with Crippen molar-refractivity contribution in [1.82, 2.24) is 5.32 Å². The fraction of sp³-hybridized carbons (Fsp3) is 1.00. The maximum Gasteiger partial charge on any atom is 0.0590 e. The summed E-state index contributed by atoms with van der Waals surface area (Å²) in [7, 11) is 0. The molecule has 1 rings (SSSR count). The molecule has 0 atom stereocenters. The average molecular weight is 227 g/mol. The van der Waals surface area contributed by atoms with Crippen molar-refractivity contribution in [2.45, 2.75) is 47.0 Å². The fourth-order valence-corrected chi connectivity index (χ4v) is 2.02. The van der Waals surface area contributed by atoms with Gasteiger partial charge >= 0.3 is 0 Å². The van der Waals surface area contributed by atoms with Gasteiger partial charge in [-0.1, -0.05) is 27.7 Å². The second-order valence-electron chi connectivity index (χ2n) is 5.99. The largest absolute Gasteiger partial charge is 0.380 e. The Morgan fingerprint density at radius 3 is 2.31 bits per heavy atom. The van der Waals surface area contributed by atoms with Gasteiger partial charge in [-0.15, -0.1) is 0 Å². The molecule has 0 aliphatic heterocycles. The first-order valence-corrected chi connectivity index (χ1v) is 6.85. The highest BCUT2D eigenvalue weighted by atomic mass is 16.5. The zero-order valence-electron chi connectivity index (χ0n) is 11.5. The van der Waals surface area contributed by atoms with Crippen molar-refractivity contribution >= 4 is 0 Å². The molecule has 0 radical (unpaired) electrons. The summed E-state index contributed by atoms with van der Waals surface area (Å²) in [6.07, 6.45) is 3.99. The summed E-state index contributed by atoms with van der Waals surface area (Å²) in [5, 5.41) is 3.53. The minimum atomic E-state index is 0.623. The molecule has 0 saturated heterocycles. The number of rotatable bonds is 9. The molecule has 0 heterocycles. The molecule has 1 aliphatic carbocycles. The third-order valence-electron chi connectivity index (χ3n) is 3.86. The molecule has 0 aromatic carbocycles. The number of hydrogen-bond donors (Lipinski definition) is 1. The topological polar surface area (TPSA) is 21.3 Å². The van der Waals surface area contributed by atoms with E-state index in [1.165, 1.54) is 25.8 Å². The first-order valence-electron chi connectivity index (χ1n) is 6.85. The molecule has 1 N–H and O–H groups in total. The molecule has 1 fully saturated rings. The van der Waals surface area contributed by atoms with Gasteiger partial charge in [-0.05, 0) is 36.5 Å². The van der Waals surface area contributed by atoms with Crippen LogP contribution in [0.25, 0.3) is 0 Å². The van der Waals surface area contributed by atoms with E-state index < -0.39 is 0 Å². The van der Waals surface area contributed by atoms with Crippen molar-refractivity contribution in [1.29, 1.82) is 0 Å². The quantitative estimate of drug-likeness (QED) is 0.611. The second-order valence-corrected chi connectivity index (χ2v) is 5.99. The van der Waals surface area contributed by atoms with E-state index in [9.17, 15) is 0 Å². The van der Waals surface area contributed by atoms with Crippen LogP contribution in [0.2, 0.25) is 0 Å². The highest BCUT2D eigenvalue weighted by molar-refractivity contribution is 4.96. The summed E-state index contributed by atoms with van der Waals surface area (Å²) in [4.78, 5) is 0. The Labute approximate surface area is 101 Å². The number of ether oxygens (including phenoxy) is 1. The van der Waals surface area contributed by atoms with Crippen LogP contribution >= 0.6 is 0 Å². The molecular formula is C14H29NO. The van der Waals surface area contributed by atoms with Crippen LogP contribution in [0.3, 0.4) is 0 Å². The lowest BCUT2D eigenvalue weighted by atomic mass is 9.92. The minimum absolute atomic E-state index is 0.623. The third-order valence-corrected chi connectivity index (χ3v) is 3.86. The van der Waals surface area contributed by atoms with Crippen LogP contribution in [0.1, 0.15) is 47.0 Å². The van der Waals surface area contributed by atoms with E-state index in [2.05, 4.69) is 33.0 Å². The van der Waals surface area contributed by atoms with Crippen LogP contribution in [-0.4, -0.2) is 26.3 Å². The first kappa shape index (κ1) is 14.0. The maximum absolute atomic E-state index is 5.58. The summed E-state index contributed by atoms with van der Waals surface area (Å²) in [5.74, 6) is 1.57. The summed E-state index contributed by atoms with van der Waals surface area (Å²) >= 11 is 0. The molecule has 0 aromatic rings. The van der Waals surface area contributed by atoms with E-state index in [1.807, 2.05) is 0 Å². The summed E-state index contributed by atoms with van der Waals surface area (Å²) < 4.78 is 5.58. The van der Waals surface area contributed by atoms with E-state index in [4.69, 9.17) is 4.74 Å². The van der Waals surface area contributed by atoms with E-state index in [-0.39, 0.29) is 0 Å². The lowest BCUT2D eigenvalue weighted by Gasteiger charge is -2.20. The summed E-state index contributed by atoms with van der Waals surface area (Å²) in [5.41, 5.74) is 0.623. The van der Waals surface area contributed by atoms with Crippen LogP contribution in [0.5, 0.6) is 0 Å². The van der Waals surface area contributed by atoms with Gasteiger partial charge in [-0.25, -0.2) is 0 Å². The number of nitrogens with one attached hydrogen (secondary N) is 1. The molecule has 2 heteroatoms. The lowest BCUT2D eigenvalue weighted by molar-refractivity contribution is 0.123. The smallest absolute Gasteiger partial charge is 0.0590 e. The van der Waals surface area contributed by atoms with Crippen molar-refractivity contribution in [2.75, 3.05) is 26.3 Å². The molecular weight excluding hydrogens is 198 g/mol. The molecule has 0 spiro atoms. The highest BCUT2D eigenvalue weighted by Crippen LogP contribution is 2.51. The molecule has 0 amide bonds. The molecule has 0 unspecified atom stereocenters. The van der Waals surface area contributed by atoms with Gasteiger partial charge in [0.2, 0.25) is 0 Å². The van der Waals surface area contributed by atoms with E-state index in [0.717, 1.165) is 31.6 Å². The van der Waals surface area contributed by atoms with Gasteiger partial charge < -0.3 is 10.1 Å². The Morgan fingerprint density at radius 2 is 1.81 bits per heavy atom. The molecule has 2 nitrogen and oxygen atoms in total. The van der Waals surface area contributed by atoms with Gasteiger partial charge in [0.15, 0.2) is 0 Å². The van der Waals surface area contributed by atoms with Crippen LogP contribution < -0.4 is 5.32 Å². The number of hydrogen-bond acceptors (Lipinski definition) is 2. The van der Waals surface area contributed by atoms with E-state index in [1.54, 1.807) is 0 Å². The van der Waals surface area contributed by atoms with Gasteiger partial charge in [0.25, 0.3) is 0 Å². The van der Waals surface area contributed by atoms with Crippen molar-refractivity contribution in [3.63, 3.8) is 0 Å². The lowest BCUT2D eigenvalue weighted by Crippen LogP contribution is -2.30. The zero-order chi connectivity index (χ0) is 12.0. The highest BCUT2D eigenvalue weighted by Gasteiger charge is 2.44. The molecule has 96 valence electrons. The Morgan fingerprint density at radius 1 is 1.12 bits per heavy atom.